The van der Waals surface area contributed by atoms with E-state index in [1.807, 2.05) is 23.6 Å². The SMILES string of the molecule is CCCCCCCCCOc1ccc(/C=N\Nc2nccs2)cc1Cl. The van der Waals surface area contributed by atoms with E-state index in [1.54, 1.807) is 12.4 Å². The van der Waals surface area contributed by atoms with Crippen molar-refractivity contribution in [2.24, 2.45) is 5.10 Å². The molecule has 0 aliphatic heterocycles. The third-order valence-corrected chi connectivity index (χ3v) is 4.74. The average Bonchev–Trinajstić information content (AvgIpc) is 3.12. The standard InChI is InChI=1S/C19H26ClN3OS/c1-2-3-4-5-6-7-8-12-24-18-10-9-16(14-17(18)20)15-22-23-19-21-11-13-25-19/h9-11,13-15H,2-8,12H2,1H3,(H,21,23)/b22-15-. The molecule has 0 bridgehead atoms. The quantitative estimate of drug-likeness (QED) is 0.264. The van der Waals surface area contributed by atoms with Crippen molar-refractivity contribution < 1.29 is 4.74 Å². The molecule has 1 aromatic carbocycles. The van der Waals surface area contributed by atoms with Crippen LogP contribution < -0.4 is 10.2 Å². The van der Waals surface area contributed by atoms with Crippen LogP contribution in [0, 0.1) is 0 Å². The smallest absolute Gasteiger partial charge is 0.203 e. The Balaban J connectivity index is 1.67. The number of nitrogens with zero attached hydrogens (tertiary/aromatic N) is 2. The van der Waals surface area contributed by atoms with Crippen LogP contribution in [-0.2, 0) is 0 Å². The second-order valence-corrected chi connectivity index (χ2v) is 7.17. The molecular formula is C19H26ClN3OS. The molecule has 136 valence electrons. The van der Waals surface area contributed by atoms with Crippen LogP contribution in [0.15, 0.2) is 34.9 Å². The van der Waals surface area contributed by atoms with Crippen LogP contribution in [0.5, 0.6) is 5.75 Å². The van der Waals surface area contributed by atoms with Gasteiger partial charge in [-0.15, -0.1) is 11.3 Å². The lowest BCUT2D eigenvalue weighted by Crippen LogP contribution is -1.98. The Kier molecular flexibility index (Phi) is 9.37. The molecule has 2 aromatic rings. The van der Waals surface area contributed by atoms with Gasteiger partial charge in [0.05, 0.1) is 17.8 Å². The Bertz CT molecular complexity index is 632. The molecule has 4 nitrogen and oxygen atoms in total. The van der Waals surface area contributed by atoms with Gasteiger partial charge in [-0.2, -0.15) is 5.10 Å². The minimum Gasteiger partial charge on any atom is -0.492 e. The Hall–Kier alpha value is -1.59. The lowest BCUT2D eigenvalue weighted by molar-refractivity contribution is 0.304. The number of halogens is 1. The highest BCUT2D eigenvalue weighted by molar-refractivity contribution is 7.13. The molecule has 0 saturated heterocycles. The number of hydrazone groups is 1. The fraction of sp³-hybridized carbons (Fsp3) is 0.474. The van der Waals surface area contributed by atoms with Gasteiger partial charge in [-0.25, -0.2) is 4.98 Å². The van der Waals surface area contributed by atoms with E-state index in [2.05, 4.69) is 22.4 Å². The Labute approximate surface area is 159 Å². The van der Waals surface area contributed by atoms with Gasteiger partial charge in [-0.05, 0) is 30.2 Å². The molecule has 0 atom stereocenters. The largest absolute Gasteiger partial charge is 0.492 e. The zero-order chi connectivity index (χ0) is 17.7. The van der Waals surface area contributed by atoms with Gasteiger partial charge in [0, 0.05) is 11.6 Å². The first-order chi connectivity index (χ1) is 12.3. The van der Waals surface area contributed by atoms with Crippen LogP contribution in [0.2, 0.25) is 5.02 Å². The first-order valence-electron chi connectivity index (χ1n) is 8.90. The second kappa shape index (κ2) is 11.9. The van der Waals surface area contributed by atoms with Crippen molar-refractivity contribution in [1.29, 1.82) is 0 Å². The van der Waals surface area contributed by atoms with E-state index in [0.717, 1.165) is 22.9 Å². The van der Waals surface area contributed by atoms with E-state index < -0.39 is 0 Å². The Morgan fingerprint density at radius 2 is 2.00 bits per heavy atom. The first kappa shape index (κ1) is 19.7. The molecule has 6 heteroatoms. The topological polar surface area (TPSA) is 46.5 Å². The number of thiazole rings is 1. The zero-order valence-corrected chi connectivity index (χ0v) is 16.3. The maximum absolute atomic E-state index is 6.29. The molecule has 0 radical (unpaired) electrons. The molecule has 0 aliphatic rings. The summed E-state index contributed by atoms with van der Waals surface area (Å²) in [4.78, 5) is 4.10. The van der Waals surface area contributed by atoms with E-state index in [1.165, 1.54) is 49.9 Å². The predicted molar refractivity (Wildman–Crippen MR) is 108 cm³/mol. The summed E-state index contributed by atoms with van der Waals surface area (Å²) in [6.07, 6.45) is 12.4. The van der Waals surface area contributed by atoms with Gasteiger partial charge in [-0.1, -0.05) is 57.0 Å². The summed E-state index contributed by atoms with van der Waals surface area (Å²) in [6.45, 7) is 2.96. The zero-order valence-electron chi connectivity index (χ0n) is 14.7. The summed E-state index contributed by atoms with van der Waals surface area (Å²) in [5.41, 5.74) is 3.79. The molecule has 1 heterocycles. The minimum absolute atomic E-state index is 0.612. The molecule has 1 aromatic heterocycles. The summed E-state index contributed by atoms with van der Waals surface area (Å²) < 4.78 is 5.78. The summed E-state index contributed by atoms with van der Waals surface area (Å²) in [7, 11) is 0. The summed E-state index contributed by atoms with van der Waals surface area (Å²) in [5, 5.41) is 7.41. The molecule has 0 aliphatic carbocycles. The summed E-state index contributed by atoms with van der Waals surface area (Å²) in [6, 6.07) is 5.70. The van der Waals surface area contributed by atoms with Crippen molar-refractivity contribution in [3.05, 3.63) is 40.4 Å². The lowest BCUT2D eigenvalue weighted by atomic mass is 10.1. The lowest BCUT2D eigenvalue weighted by Gasteiger charge is -2.08. The highest BCUT2D eigenvalue weighted by Gasteiger charge is 2.02. The molecule has 0 saturated carbocycles. The van der Waals surface area contributed by atoms with Crippen molar-refractivity contribution in [3.8, 4) is 5.75 Å². The maximum atomic E-state index is 6.29. The summed E-state index contributed by atoms with van der Waals surface area (Å²) >= 11 is 7.79. The number of hydrogen-bond acceptors (Lipinski definition) is 5. The van der Waals surface area contributed by atoms with Crippen LogP contribution in [0.25, 0.3) is 0 Å². The van der Waals surface area contributed by atoms with Crippen molar-refractivity contribution in [1.82, 2.24) is 4.98 Å². The number of aromatic nitrogens is 1. The molecule has 1 N–H and O–H groups in total. The van der Waals surface area contributed by atoms with Crippen LogP contribution in [0.3, 0.4) is 0 Å². The summed E-state index contributed by atoms with van der Waals surface area (Å²) in [5.74, 6) is 0.734. The fourth-order valence-electron chi connectivity index (χ4n) is 2.40. The molecule has 2 rings (SSSR count). The second-order valence-electron chi connectivity index (χ2n) is 5.87. The van der Waals surface area contributed by atoms with E-state index in [4.69, 9.17) is 16.3 Å². The number of ether oxygens (including phenoxy) is 1. The Morgan fingerprint density at radius 1 is 1.20 bits per heavy atom. The monoisotopic (exact) mass is 379 g/mol. The van der Waals surface area contributed by atoms with Crippen LogP contribution in [0.1, 0.15) is 57.4 Å². The number of hydrogen-bond donors (Lipinski definition) is 1. The highest BCUT2D eigenvalue weighted by atomic mass is 35.5. The number of benzene rings is 1. The van der Waals surface area contributed by atoms with Crippen LogP contribution in [0.4, 0.5) is 5.13 Å². The third kappa shape index (κ3) is 7.88. The highest BCUT2D eigenvalue weighted by Crippen LogP contribution is 2.25. The molecule has 0 amide bonds. The number of nitrogens with one attached hydrogen (secondary N) is 1. The van der Waals surface area contributed by atoms with Gasteiger partial charge in [0.25, 0.3) is 0 Å². The van der Waals surface area contributed by atoms with E-state index in [9.17, 15) is 0 Å². The van der Waals surface area contributed by atoms with Crippen molar-refractivity contribution in [3.63, 3.8) is 0 Å². The van der Waals surface area contributed by atoms with Gasteiger partial charge in [0.15, 0.2) is 0 Å². The van der Waals surface area contributed by atoms with Gasteiger partial charge >= 0.3 is 0 Å². The van der Waals surface area contributed by atoms with Gasteiger partial charge in [-0.3, -0.25) is 5.43 Å². The van der Waals surface area contributed by atoms with E-state index in [-0.39, 0.29) is 0 Å². The number of unbranched alkanes of at least 4 members (excludes halogenated alkanes) is 6. The van der Waals surface area contributed by atoms with Crippen molar-refractivity contribution in [2.45, 2.75) is 51.9 Å². The fourth-order valence-corrected chi connectivity index (χ4v) is 3.12. The molecule has 25 heavy (non-hydrogen) atoms. The van der Waals surface area contributed by atoms with Gasteiger partial charge in [0.2, 0.25) is 5.13 Å². The van der Waals surface area contributed by atoms with Crippen molar-refractivity contribution in [2.75, 3.05) is 12.0 Å². The molecule has 0 fully saturated rings. The van der Waals surface area contributed by atoms with Crippen LogP contribution in [-0.4, -0.2) is 17.8 Å². The molecule has 0 spiro atoms. The predicted octanol–water partition coefficient (Wildman–Crippen LogP) is 6.37. The molecule has 0 unspecified atom stereocenters. The van der Waals surface area contributed by atoms with E-state index in [0.29, 0.717) is 11.6 Å². The third-order valence-electron chi connectivity index (χ3n) is 3.77. The Morgan fingerprint density at radius 3 is 2.72 bits per heavy atom. The normalized spacial score (nSPS) is 11.1. The van der Waals surface area contributed by atoms with Gasteiger partial charge in [0.1, 0.15) is 5.75 Å². The molecular weight excluding hydrogens is 354 g/mol. The number of rotatable bonds is 12. The van der Waals surface area contributed by atoms with Gasteiger partial charge < -0.3 is 4.74 Å². The van der Waals surface area contributed by atoms with Crippen LogP contribution >= 0.6 is 22.9 Å². The van der Waals surface area contributed by atoms with Crippen molar-refractivity contribution >= 4 is 34.3 Å². The first-order valence-corrected chi connectivity index (χ1v) is 10.2. The average molecular weight is 380 g/mol. The minimum atomic E-state index is 0.612. The number of anilines is 1. The maximum Gasteiger partial charge on any atom is 0.203 e. The van der Waals surface area contributed by atoms with E-state index >= 15 is 0 Å².